The van der Waals surface area contributed by atoms with Crippen LogP contribution in [0.3, 0.4) is 0 Å². The summed E-state index contributed by atoms with van der Waals surface area (Å²) in [5.41, 5.74) is 13.5. The average Bonchev–Trinajstić information content (AvgIpc) is 3.49. The zero-order valence-corrected chi connectivity index (χ0v) is 21.2. The zero-order valence-electron chi connectivity index (χ0n) is 20.3. The van der Waals surface area contributed by atoms with Crippen molar-refractivity contribution in [2.24, 2.45) is 17.3 Å². The first kappa shape index (κ1) is 25.8. The van der Waals surface area contributed by atoms with Crippen LogP contribution in [-0.2, 0) is 23.2 Å². The van der Waals surface area contributed by atoms with Crippen LogP contribution in [0, 0.1) is 11.8 Å². The van der Waals surface area contributed by atoms with Crippen LogP contribution in [0.5, 0.6) is 0 Å². The molecule has 1 aromatic carbocycles. The van der Waals surface area contributed by atoms with Crippen LogP contribution in [0.1, 0.15) is 26.3 Å². The summed E-state index contributed by atoms with van der Waals surface area (Å²) in [4.78, 5) is 31.0. The van der Waals surface area contributed by atoms with E-state index < -0.39 is 19.8 Å². The van der Waals surface area contributed by atoms with Gasteiger partial charge in [0.05, 0.1) is 31.8 Å². The number of fused-ring (bicyclic) bond motifs is 1. The standard InChI is InChI=1S/C23H30N7O5P/c1-15(2)20(30(33-3)17-7-5-4-6-8-17)23(31)35-36(25,32)34-12-16-9-10-18(11-16)29-14-28-19-21(24)26-13-27-22(19)29/h4-10,13-16,18,20H,11-12H2,1-3H3,(H2,25,32)(H2,24,26,27)/t16-,18+,20-,36?/m0/s1. The summed E-state index contributed by atoms with van der Waals surface area (Å²) >= 11 is 0. The molecular weight excluding hydrogens is 485 g/mol. The molecule has 0 saturated heterocycles. The minimum absolute atomic E-state index is 0.0107. The van der Waals surface area contributed by atoms with Crippen molar-refractivity contribution in [2.75, 3.05) is 24.5 Å². The number of nitrogen functional groups attached to an aromatic ring is 1. The van der Waals surface area contributed by atoms with E-state index in [4.69, 9.17) is 25.1 Å². The lowest BCUT2D eigenvalue weighted by Crippen LogP contribution is -2.45. The molecule has 4 N–H and O–H groups in total. The fraction of sp³-hybridized carbons (Fsp3) is 0.391. The second kappa shape index (κ2) is 10.8. The minimum Gasteiger partial charge on any atom is -0.382 e. The van der Waals surface area contributed by atoms with E-state index in [-0.39, 0.29) is 24.5 Å². The van der Waals surface area contributed by atoms with Crippen molar-refractivity contribution in [1.29, 1.82) is 0 Å². The molecule has 2 aromatic heterocycles. The Morgan fingerprint density at radius 3 is 2.67 bits per heavy atom. The summed E-state index contributed by atoms with van der Waals surface area (Å²) in [6, 6.07) is 8.12. The Labute approximate surface area is 208 Å². The topological polar surface area (TPSA) is 161 Å². The van der Waals surface area contributed by atoms with E-state index in [9.17, 15) is 9.36 Å². The summed E-state index contributed by atoms with van der Waals surface area (Å²) in [7, 11) is -2.74. The maximum absolute atomic E-state index is 13.0. The van der Waals surface area contributed by atoms with Crippen molar-refractivity contribution in [3.8, 4) is 0 Å². The highest BCUT2D eigenvalue weighted by atomic mass is 31.2. The maximum atomic E-state index is 13.0. The number of aromatic nitrogens is 4. The first-order valence-corrected chi connectivity index (χ1v) is 13.1. The van der Waals surface area contributed by atoms with E-state index >= 15 is 0 Å². The molecule has 13 heteroatoms. The van der Waals surface area contributed by atoms with Crippen molar-refractivity contribution in [2.45, 2.75) is 32.4 Å². The van der Waals surface area contributed by atoms with Crippen molar-refractivity contribution in [3.05, 3.63) is 55.1 Å². The van der Waals surface area contributed by atoms with Gasteiger partial charge in [-0.25, -0.2) is 34.9 Å². The van der Waals surface area contributed by atoms with Crippen LogP contribution in [0.2, 0.25) is 0 Å². The molecule has 0 amide bonds. The van der Waals surface area contributed by atoms with Gasteiger partial charge in [-0.3, -0.25) is 9.36 Å². The van der Waals surface area contributed by atoms with Crippen LogP contribution < -0.4 is 16.3 Å². The molecule has 2 heterocycles. The number of carbonyl (C=O) groups excluding carboxylic acids is 1. The molecule has 1 unspecified atom stereocenters. The Morgan fingerprint density at radius 2 is 1.97 bits per heavy atom. The average molecular weight is 516 g/mol. The number of rotatable bonds is 10. The van der Waals surface area contributed by atoms with E-state index in [1.807, 2.05) is 48.8 Å². The van der Waals surface area contributed by atoms with Crippen LogP contribution in [0.15, 0.2) is 55.1 Å². The number of benzene rings is 1. The number of hydrogen-bond acceptors (Lipinski definition) is 10. The van der Waals surface area contributed by atoms with E-state index in [1.165, 1.54) is 18.5 Å². The van der Waals surface area contributed by atoms with Crippen molar-refractivity contribution >= 4 is 36.4 Å². The molecule has 0 spiro atoms. The number of carbonyl (C=O) groups is 1. The normalized spacial score (nSPS) is 19.9. The van der Waals surface area contributed by atoms with Gasteiger partial charge in [0.25, 0.3) is 0 Å². The highest BCUT2D eigenvalue weighted by molar-refractivity contribution is 7.51. The first-order valence-electron chi connectivity index (χ1n) is 11.5. The molecule has 0 fully saturated rings. The Morgan fingerprint density at radius 1 is 1.22 bits per heavy atom. The third kappa shape index (κ3) is 5.57. The third-order valence-corrected chi connectivity index (χ3v) is 6.86. The molecule has 1 aliphatic rings. The number of allylic oxidation sites excluding steroid dienone is 1. The maximum Gasteiger partial charge on any atom is 0.458 e. The number of nitrogens with zero attached hydrogens (tertiary/aromatic N) is 5. The Kier molecular flexibility index (Phi) is 7.70. The fourth-order valence-corrected chi connectivity index (χ4v) is 5.00. The summed E-state index contributed by atoms with van der Waals surface area (Å²) in [6.45, 7) is 3.66. The molecule has 1 aliphatic carbocycles. The van der Waals surface area contributed by atoms with Gasteiger partial charge in [-0.1, -0.05) is 44.2 Å². The lowest BCUT2D eigenvalue weighted by atomic mass is 10.0. The van der Waals surface area contributed by atoms with Gasteiger partial charge < -0.3 is 14.8 Å². The highest BCUT2D eigenvalue weighted by Gasteiger charge is 2.37. The molecule has 36 heavy (non-hydrogen) atoms. The number of imidazole rings is 1. The molecule has 12 nitrogen and oxygen atoms in total. The summed E-state index contributed by atoms with van der Waals surface area (Å²) < 4.78 is 25.3. The van der Waals surface area contributed by atoms with Crippen LogP contribution in [0.25, 0.3) is 11.2 Å². The predicted molar refractivity (Wildman–Crippen MR) is 134 cm³/mol. The van der Waals surface area contributed by atoms with E-state index in [1.54, 1.807) is 18.5 Å². The number of para-hydroxylation sites is 1. The van der Waals surface area contributed by atoms with Crippen molar-refractivity contribution < 1.29 is 23.2 Å². The van der Waals surface area contributed by atoms with Crippen molar-refractivity contribution in [1.82, 2.24) is 19.5 Å². The van der Waals surface area contributed by atoms with Gasteiger partial charge in [-0.2, -0.15) is 0 Å². The highest BCUT2D eigenvalue weighted by Crippen LogP contribution is 2.42. The molecule has 0 bridgehead atoms. The summed E-state index contributed by atoms with van der Waals surface area (Å²) in [5.74, 6) is -0.837. The Hall–Kier alpha value is -3.31. The van der Waals surface area contributed by atoms with Gasteiger partial charge in [-0.05, 0) is 24.5 Å². The van der Waals surface area contributed by atoms with E-state index in [0.717, 1.165) is 0 Å². The summed E-state index contributed by atoms with van der Waals surface area (Å²) in [5, 5.41) is 1.41. The van der Waals surface area contributed by atoms with Gasteiger partial charge in [0, 0.05) is 5.92 Å². The van der Waals surface area contributed by atoms with Crippen LogP contribution >= 0.6 is 7.75 Å². The lowest BCUT2D eigenvalue weighted by Gasteiger charge is -2.32. The Bertz CT molecular complexity index is 1280. The molecule has 4 rings (SSSR count). The number of anilines is 2. The quantitative estimate of drug-likeness (QED) is 0.232. The molecule has 0 radical (unpaired) electrons. The monoisotopic (exact) mass is 515 g/mol. The van der Waals surface area contributed by atoms with Gasteiger partial charge in [0.1, 0.15) is 11.8 Å². The number of hydroxylamine groups is 1. The van der Waals surface area contributed by atoms with Gasteiger partial charge in [0.15, 0.2) is 17.5 Å². The van der Waals surface area contributed by atoms with Gasteiger partial charge >= 0.3 is 13.7 Å². The third-order valence-electron chi connectivity index (χ3n) is 5.91. The number of hydrogen-bond donors (Lipinski definition) is 2. The van der Waals surface area contributed by atoms with Crippen molar-refractivity contribution in [3.63, 3.8) is 0 Å². The smallest absolute Gasteiger partial charge is 0.382 e. The second-order valence-electron chi connectivity index (χ2n) is 8.81. The zero-order chi connectivity index (χ0) is 25.9. The van der Waals surface area contributed by atoms with Gasteiger partial charge in [-0.15, -0.1) is 0 Å². The molecule has 192 valence electrons. The fourth-order valence-electron chi connectivity index (χ4n) is 4.19. The molecule has 0 saturated carbocycles. The van der Waals surface area contributed by atoms with Gasteiger partial charge in [0.2, 0.25) is 0 Å². The lowest BCUT2D eigenvalue weighted by molar-refractivity contribution is -0.139. The summed E-state index contributed by atoms with van der Waals surface area (Å²) in [6.07, 6.45) is 7.59. The predicted octanol–water partition coefficient (Wildman–Crippen LogP) is 3.24. The SMILES string of the molecule is CON(c1ccccc1)[C@H](C(=O)OP(N)(=O)OC[C@H]1C=C[C@@H](n2cnc3c(N)ncnc32)C1)C(C)C. The van der Waals surface area contributed by atoms with E-state index in [2.05, 4.69) is 15.0 Å². The number of nitrogens with two attached hydrogens (primary N) is 2. The first-order chi connectivity index (χ1) is 17.2. The largest absolute Gasteiger partial charge is 0.458 e. The molecule has 4 atom stereocenters. The minimum atomic E-state index is -4.18. The molecule has 3 aromatic rings. The molecular formula is C23H30N7O5P. The van der Waals surface area contributed by atoms with E-state index in [0.29, 0.717) is 29.1 Å². The molecule has 0 aliphatic heterocycles. The Balaban J connectivity index is 1.37. The van der Waals surface area contributed by atoms with Crippen LogP contribution in [0.4, 0.5) is 11.5 Å². The van der Waals surface area contributed by atoms with Crippen LogP contribution in [-0.4, -0.2) is 45.2 Å². The second-order valence-corrected chi connectivity index (χ2v) is 10.3.